The minimum atomic E-state index is -0.895. The van der Waals surface area contributed by atoms with E-state index in [1.165, 1.54) is 108 Å². The molecule has 39 heavy (non-hydrogen) atoms. The van der Waals surface area contributed by atoms with E-state index >= 15 is 0 Å². The Morgan fingerprint density at radius 1 is 0.744 bits per heavy atom. The van der Waals surface area contributed by atoms with Crippen molar-refractivity contribution in [3.8, 4) is 16.9 Å². The minimum absolute atomic E-state index is 0.330. The van der Waals surface area contributed by atoms with E-state index in [4.69, 9.17) is 4.74 Å². The first-order chi connectivity index (χ1) is 19.1. The van der Waals surface area contributed by atoms with E-state index in [0.29, 0.717) is 12.2 Å². The molecule has 0 bridgehead atoms. The van der Waals surface area contributed by atoms with Gasteiger partial charge in [0.2, 0.25) is 0 Å². The Morgan fingerprint density at radius 3 is 1.97 bits per heavy atom. The van der Waals surface area contributed by atoms with Gasteiger partial charge in [0.25, 0.3) is 0 Å². The molecule has 0 unspecified atom stereocenters. The Balaban J connectivity index is 1.46. The smallest absolute Gasteiger partial charge is 0.336 e. The fraction of sp³-hybridized carbons (Fsp3) is 0.639. The first-order valence-electron chi connectivity index (χ1n) is 16.2. The average Bonchev–Trinajstić information content (AvgIpc) is 2.96. The van der Waals surface area contributed by atoms with Crippen LogP contribution in [0.2, 0.25) is 0 Å². The SMILES string of the molecule is CCCCCCCCOc1ccc(C(=O)O)c(-c2ccc(CCC3CCC(CCCCCCC)CC3)cc2)c1. The fourth-order valence-corrected chi connectivity index (χ4v) is 6.18. The summed E-state index contributed by atoms with van der Waals surface area (Å²) in [6, 6.07) is 13.9. The maximum absolute atomic E-state index is 11.9. The van der Waals surface area contributed by atoms with E-state index in [9.17, 15) is 9.90 Å². The average molecular weight is 535 g/mol. The molecule has 1 N–H and O–H groups in total. The van der Waals surface area contributed by atoms with Crippen LogP contribution in [0, 0.1) is 11.8 Å². The zero-order valence-electron chi connectivity index (χ0n) is 24.9. The van der Waals surface area contributed by atoms with Crippen molar-refractivity contribution in [1.82, 2.24) is 0 Å². The Bertz CT molecular complexity index is 940. The van der Waals surface area contributed by atoms with Crippen molar-refractivity contribution < 1.29 is 14.6 Å². The number of hydrogen-bond donors (Lipinski definition) is 1. The van der Waals surface area contributed by atoms with Crippen molar-refractivity contribution in [2.75, 3.05) is 6.61 Å². The lowest BCUT2D eigenvalue weighted by atomic mass is 9.77. The van der Waals surface area contributed by atoms with E-state index < -0.39 is 5.97 Å². The number of rotatable bonds is 19. The van der Waals surface area contributed by atoms with Crippen LogP contribution in [-0.4, -0.2) is 17.7 Å². The van der Waals surface area contributed by atoms with Crippen molar-refractivity contribution in [2.45, 2.75) is 129 Å². The highest BCUT2D eigenvalue weighted by Crippen LogP contribution is 2.35. The molecule has 1 saturated carbocycles. The predicted molar refractivity (Wildman–Crippen MR) is 165 cm³/mol. The van der Waals surface area contributed by atoms with E-state index in [-0.39, 0.29) is 0 Å². The third-order valence-electron chi connectivity index (χ3n) is 8.78. The van der Waals surface area contributed by atoms with Crippen LogP contribution in [0.15, 0.2) is 42.5 Å². The lowest BCUT2D eigenvalue weighted by Crippen LogP contribution is -2.15. The Labute approximate surface area is 238 Å². The van der Waals surface area contributed by atoms with Crippen LogP contribution in [0.1, 0.15) is 139 Å². The van der Waals surface area contributed by atoms with E-state index in [1.54, 1.807) is 12.1 Å². The van der Waals surface area contributed by atoms with Gasteiger partial charge in [0, 0.05) is 0 Å². The number of benzene rings is 2. The predicted octanol–water partition coefficient (Wildman–Crippen LogP) is 10.9. The molecular formula is C36H54O3. The summed E-state index contributed by atoms with van der Waals surface area (Å²) < 4.78 is 5.99. The lowest BCUT2D eigenvalue weighted by molar-refractivity contribution is 0.0697. The van der Waals surface area contributed by atoms with E-state index in [2.05, 4.69) is 38.1 Å². The highest BCUT2D eigenvalue weighted by molar-refractivity contribution is 5.96. The standard InChI is InChI=1S/C36H54O3/c1-3-5-7-9-11-13-27-39-33-25-26-34(36(37)38)35(28-33)32-23-21-31(22-24-32)20-19-30-17-15-29(16-18-30)14-12-10-8-6-4-2/h21-26,28-30H,3-20,27H2,1-2H3,(H,37,38). The molecule has 0 aromatic heterocycles. The van der Waals surface area contributed by atoms with Crippen LogP contribution < -0.4 is 4.74 Å². The van der Waals surface area contributed by atoms with Crippen LogP contribution in [0.4, 0.5) is 0 Å². The number of carboxylic acids is 1. The van der Waals surface area contributed by atoms with Gasteiger partial charge in [0.1, 0.15) is 5.75 Å². The third-order valence-corrected chi connectivity index (χ3v) is 8.78. The molecule has 1 aliphatic rings. The van der Waals surface area contributed by atoms with Crippen LogP contribution in [0.3, 0.4) is 0 Å². The maximum Gasteiger partial charge on any atom is 0.336 e. The second-order valence-corrected chi connectivity index (χ2v) is 12.0. The quantitative estimate of drug-likeness (QED) is 0.182. The molecule has 3 rings (SSSR count). The zero-order chi connectivity index (χ0) is 27.7. The van der Waals surface area contributed by atoms with Crippen LogP contribution in [-0.2, 0) is 6.42 Å². The van der Waals surface area contributed by atoms with Crippen LogP contribution in [0.5, 0.6) is 5.75 Å². The van der Waals surface area contributed by atoms with Gasteiger partial charge in [-0.05, 0) is 66.0 Å². The van der Waals surface area contributed by atoms with Crippen molar-refractivity contribution in [1.29, 1.82) is 0 Å². The molecule has 1 fully saturated rings. The molecule has 0 radical (unpaired) electrons. The molecular weight excluding hydrogens is 480 g/mol. The Kier molecular flexibility index (Phi) is 14.5. The number of aromatic carboxylic acids is 1. The van der Waals surface area contributed by atoms with Crippen molar-refractivity contribution in [3.05, 3.63) is 53.6 Å². The zero-order valence-corrected chi connectivity index (χ0v) is 24.9. The summed E-state index contributed by atoms with van der Waals surface area (Å²) in [5, 5.41) is 9.78. The van der Waals surface area contributed by atoms with Gasteiger partial charge in [-0.2, -0.15) is 0 Å². The molecule has 0 saturated heterocycles. The highest BCUT2D eigenvalue weighted by atomic mass is 16.5. The largest absolute Gasteiger partial charge is 0.494 e. The second kappa shape index (κ2) is 18.1. The van der Waals surface area contributed by atoms with Gasteiger partial charge in [0.05, 0.1) is 12.2 Å². The fourth-order valence-electron chi connectivity index (χ4n) is 6.18. The lowest BCUT2D eigenvalue weighted by Gasteiger charge is -2.28. The summed E-state index contributed by atoms with van der Waals surface area (Å²) in [7, 11) is 0. The number of aryl methyl sites for hydroxylation is 1. The topological polar surface area (TPSA) is 46.5 Å². The van der Waals surface area contributed by atoms with E-state index in [0.717, 1.165) is 41.6 Å². The molecule has 0 amide bonds. The van der Waals surface area contributed by atoms with Gasteiger partial charge < -0.3 is 9.84 Å². The Morgan fingerprint density at radius 2 is 1.33 bits per heavy atom. The number of hydrogen-bond acceptors (Lipinski definition) is 2. The second-order valence-electron chi connectivity index (χ2n) is 12.0. The molecule has 0 atom stereocenters. The summed E-state index contributed by atoms with van der Waals surface area (Å²) in [4.78, 5) is 11.9. The molecule has 0 heterocycles. The number of ether oxygens (including phenoxy) is 1. The first kappa shape index (κ1) is 31.2. The molecule has 0 aliphatic heterocycles. The van der Waals surface area contributed by atoms with Gasteiger partial charge >= 0.3 is 5.97 Å². The van der Waals surface area contributed by atoms with Gasteiger partial charge in [0.15, 0.2) is 0 Å². The van der Waals surface area contributed by atoms with Gasteiger partial charge in [-0.3, -0.25) is 0 Å². The summed E-state index contributed by atoms with van der Waals surface area (Å²) in [6.07, 6.45) is 23.8. The number of carbonyl (C=O) groups is 1. The molecule has 2 aromatic carbocycles. The van der Waals surface area contributed by atoms with Crippen molar-refractivity contribution >= 4 is 5.97 Å². The third kappa shape index (κ3) is 11.4. The van der Waals surface area contributed by atoms with Crippen LogP contribution >= 0.6 is 0 Å². The highest BCUT2D eigenvalue weighted by Gasteiger charge is 2.21. The number of carboxylic acid groups (broad SMARTS) is 1. The molecule has 3 nitrogen and oxygen atoms in total. The summed E-state index contributed by atoms with van der Waals surface area (Å²) in [5.74, 6) is 1.69. The summed E-state index contributed by atoms with van der Waals surface area (Å²) in [5.41, 5.74) is 3.36. The minimum Gasteiger partial charge on any atom is -0.494 e. The van der Waals surface area contributed by atoms with Crippen molar-refractivity contribution in [2.24, 2.45) is 11.8 Å². The molecule has 216 valence electrons. The summed E-state index contributed by atoms with van der Waals surface area (Å²) >= 11 is 0. The normalized spacial score (nSPS) is 17.3. The van der Waals surface area contributed by atoms with Gasteiger partial charge in [-0.1, -0.05) is 134 Å². The first-order valence-corrected chi connectivity index (χ1v) is 16.2. The summed E-state index contributed by atoms with van der Waals surface area (Å²) in [6.45, 7) is 5.20. The monoisotopic (exact) mass is 534 g/mol. The number of unbranched alkanes of at least 4 members (excludes halogenated alkanes) is 9. The van der Waals surface area contributed by atoms with E-state index in [1.807, 2.05) is 6.07 Å². The maximum atomic E-state index is 11.9. The van der Waals surface area contributed by atoms with Crippen LogP contribution in [0.25, 0.3) is 11.1 Å². The van der Waals surface area contributed by atoms with Crippen molar-refractivity contribution in [3.63, 3.8) is 0 Å². The molecule has 0 spiro atoms. The molecule has 2 aromatic rings. The molecule has 1 aliphatic carbocycles. The van der Waals surface area contributed by atoms with Gasteiger partial charge in [-0.15, -0.1) is 0 Å². The molecule has 3 heteroatoms. The Hall–Kier alpha value is -2.29. The van der Waals surface area contributed by atoms with Gasteiger partial charge in [-0.25, -0.2) is 4.79 Å².